The van der Waals surface area contributed by atoms with Crippen LogP contribution >= 0.6 is 23.2 Å². The van der Waals surface area contributed by atoms with Gasteiger partial charge in [-0.3, -0.25) is 14.3 Å². The highest BCUT2D eigenvalue weighted by molar-refractivity contribution is 6.32. The number of aromatic nitrogens is 2. The van der Waals surface area contributed by atoms with E-state index in [0.29, 0.717) is 10.8 Å². The van der Waals surface area contributed by atoms with Gasteiger partial charge in [-0.2, -0.15) is 4.39 Å². The molecule has 0 bridgehead atoms. The van der Waals surface area contributed by atoms with E-state index < -0.39 is 47.0 Å². The molecule has 4 atom stereocenters. The Labute approximate surface area is 126 Å². The van der Waals surface area contributed by atoms with E-state index in [4.69, 9.17) is 33.0 Å². The van der Waals surface area contributed by atoms with Gasteiger partial charge in [0.25, 0.3) is 5.56 Å². The zero-order chi connectivity index (χ0) is 15.8. The van der Waals surface area contributed by atoms with Crippen LogP contribution < -0.4 is 11.2 Å². The molecular formula is C11H9Cl2FN2O5. The van der Waals surface area contributed by atoms with Crippen LogP contribution in [-0.4, -0.2) is 43.5 Å². The van der Waals surface area contributed by atoms with Crippen LogP contribution in [0.15, 0.2) is 15.8 Å². The fourth-order valence-corrected chi connectivity index (χ4v) is 2.56. The monoisotopic (exact) mass is 338 g/mol. The van der Waals surface area contributed by atoms with Crippen molar-refractivity contribution in [2.75, 3.05) is 6.61 Å². The van der Waals surface area contributed by atoms with E-state index in [1.807, 2.05) is 5.38 Å². The van der Waals surface area contributed by atoms with Gasteiger partial charge in [0.15, 0.2) is 11.1 Å². The van der Waals surface area contributed by atoms with Crippen LogP contribution in [0.1, 0.15) is 6.23 Å². The van der Waals surface area contributed by atoms with Crippen molar-refractivity contribution in [2.45, 2.75) is 23.3 Å². The highest BCUT2D eigenvalue weighted by Crippen LogP contribution is 2.42. The summed E-state index contributed by atoms with van der Waals surface area (Å²) in [6.07, 6.45) is -3.55. The Morgan fingerprint density at radius 2 is 2.24 bits per heavy atom. The van der Waals surface area contributed by atoms with E-state index in [1.165, 1.54) is 0 Å². The number of aliphatic hydroxyl groups excluding tert-OH is 2. The number of hydrogen-bond donors (Lipinski definition) is 3. The Bertz CT molecular complexity index is 724. The maximum Gasteiger partial charge on any atom is 0.330 e. The average molecular weight is 339 g/mol. The molecule has 0 aliphatic carbocycles. The summed E-state index contributed by atoms with van der Waals surface area (Å²) in [5, 5.41) is 21.1. The number of rotatable bonds is 2. The van der Waals surface area contributed by atoms with Gasteiger partial charge in [0.2, 0.25) is 5.82 Å². The SMILES string of the molecule is O=c1[nH]c(=O)n(C2OC(CO)[C@H](O)C2(Cl)C#CCl)cc1F. The third-order valence-corrected chi connectivity index (χ3v) is 3.64. The van der Waals surface area contributed by atoms with Crippen molar-refractivity contribution in [3.63, 3.8) is 0 Å². The molecular weight excluding hydrogens is 330 g/mol. The molecule has 21 heavy (non-hydrogen) atoms. The van der Waals surface area contributed by atoms with E-state index in [2.05, 4.69) is 5.92 Å². The Kier molecular flexibility index (Phi) is 4.41. The lowest BCUT2D eigenvalue weighted by Crippen LogP contribution is -2.44. The van der Waals surface area contributed by atoms with E-state index in [-0.39, 0.29) is 0 Å². The van der Waals surface area contributed by atoms with Gasteiger partial charge in [0, 0.05) is 5.38 Å². The smallest absolute Gasteiger partial charge is 0.330 e. The molecule has 0 spiro atoms. The van der Waals surface area contributed by atoms with Gasteiger partial charge < -0.3 is 14.9 Å². The number of halogens is 3. The molecule has 2 heterocycles. The molecule has 3 N–H and O–H groups in total. The zero-order valence-corrected chi connectivity index (χ0v) is 11.7. The number of alkyl halides is 1. The van der Waals surface area contributed by atoms with Gasteiger partial charge in [-0.1, -0.05) is 17.5 Å². The molecule has 3 unspecified atom stereocenters. The Hall–Kier alpha value is -1.37. The lowest BCUT2D eigenvalue weighted by atomic mass is 9.99. The summed E-state index contributed by atoms with van der Waals surface area (Å²) >= 11 is 11.4. The molecule has 0 aromatic carbocycles. The summed E-state index contributed by atoms with van der Waals surface area (Å²) < 4.78 is 19.2. The second-order valence-electron chi connectivity index (χ2n) is 4.29. The Morgan fingerprint density at radius 3 is 2.81 bits per heavy atom. The van der Waals surface area contributed by atoms with E-state index in [9.17, 15) is 19.1 Å². The minimum Gasteiger partial charge on any atom is -0.394 e. The first-order valence-electron chi connectivity index (χ1n) is 5.62. The van der Waals surface area contributed by atoms with Crippen molar-refractivity contribution in [3.05, 3.63) is 32.9 Å². The highest BCUT2D eigenvalue weighted by Gasteiger charge is 2.56. The Balaban J connectivity index is 2.60. The quantitative estimate of drug-likeness (QED) is 0.479. The van der Waals surface area contributed by atoms with E-state index in [0.717, 1.165) is 0 Å². The Morgan fingerprint density at radius 1 is 1.57 bits per heavy atom. The van der Waals surface area contributed by atoms with Crippen molar-refractivity contribution < 1.29 is 19.3 Å². The largest absolute Gasteiger partial charge is 0.394 e. The number of nitrogens with one attached hydrogen (secondary N) is 1. The van der Waals surface area contributed by atoms with Gasteiger partial charge >= 0.3 is 5.69 Å². The first-order chi connectivity index (χ1) is 9.85. The number of nitrogens with zero attached hydrogens (tertiary/aromatic N) is 1. The molecule has 1 saturated heterocycles. The van der Waals surface area contributed by atoms with Crippen LogP contribution in [0.3, 0.4) is 0 Å². The van der Waals surface area contributed by atoms with Crippen LogP contribution in [0.25, 0.3) is 0 Å². The molecule has 1 aromatic rings. The molecule has 2 rings (SSSR count). The summed E-state index contributed by atoms with van der Waals surface area (Å²) in [7, 11) is 0. The summed E-state index contributed by atoms with van der Waals surface area (Å²) in [5.41, 5.74) is -2.23. The predicted octanol–water partition coefficient (Wildman–Crippen LogP) is -0.896. The molecule has 7 nitrogen and oxygen atoms in total. The molecule has 1 aliphatic rings. The molecule has 0 saturated carbocycles. The van der Waals surface area contributed by atoms with Crippen LogP contribution in [0, 0.1) is 17.1 Å². The summed E-state index contributed by atoms with van der Waals surface area (Å²) in [6, 6.07) is 0. The maximum atomic E-state index is 13.4. The number of aromatic amines is 1. The second-order valence-corrected chi connectivity index (χ2v) is 5.10. The topological polar surface area (TPSA) is 105 Å². The van der Waals surface area contributed by atoms with Gasteiger partial charge in [-0.05, 0) is 11.6 Å². The van der Waals surface area contributed by atoms with Gasteiger partial charge in [-0.15, -0.1) is 0 Å². The fourth-order valence-electron chi connectivity index (χ4n) is 2.01. The fraction of sp³-hybridized carbons (Fsp3) is 0.455. The number of aliphatic hydroxyl groups is 2. The highest BCUT2D eigenvalue weighted by atomic mass is 35.5. The molecule has 10 heteroatoms. The van der Waals surface area contributed by atoms with Crippen molar-refractivity contribution >= 4 is 23.2 Å². The molecule has 0 radical (unpaired) electrons. The summed E-state index contributed by atoms with van der Waals surface area (Å²) in [6.45, 7) is -0.614. The van der Waals surface area contributed by atoms with Crippen LogP contribution in [0.4, 0.5) is 4.39 Å². The van der Waals surface area contributed by atoms with Crippen LogP contribution in [0.5, 0.6) is 0 Å². The summed E-state index contributed by atoms with van der Waals surface area (Å²) in [5.74, 6) is 1.01. The molecule has 1 aromatic heterocycles. The number of ether oxygens (including phenoxy) is 1. The molecule has 114 valence electrons. The van der Waals surface area contributed by atoms with E-state index in [1.54, 1.807) is 4.98 Å². The number of hydrogen-bond acceptors (Lipinski definition) is 5. The molecule has 0 amide bonds. The lowest BCUT2D eigenvalue weighted by molar-refractivity contribution is -0.0467. The first-order valence-corrected chi connectivity index (χ1v) is 6.37. The lowest BCUT2D eigenvalue weighted by Gasteiger charge is -2.25. The van der Waals surface area contributed by atoms with Gasteiger partial charge in [0.1, 0.15) is 12.2 Å². The molecule has 1 aliphatic heterocycles. The first kappa shape index (κ1) is 16.0. The van der Waals surface area contributed by atoms with Crippen LogP contribution in [-0.2, 0) is 4.74 Å². The predicted molar refractivity (Wildman–Crippen MR) is 70.5 cm³/mol. The van der Waals surface area contributed by atoms with Gasteiger partial charge in [-0.25, -0.2) is 4.79 Å². The maximum absolute atomic E-state index is 13.4. The third kappa shape index (κ3) is 2.59. The average Bonchev–Trinajstić information content (AvgIpc) is 2.67. The zero-order valence-electron chi connectivity index (χ0n) is 10.2. The summed E-state index contributed by atoms with van der Waals surface area (Å²) in [4.78, 5) is 22.6. The van der Waals surface area contributed by atoms with Crippen molar-refractivity contribution in [1.29, 1.82) is 0 Å². The van der Waals surface area contributed by atoms with Crippen LogP contribution in [0.2, 0.25) is 0 Å². The van der Waals surface area contributed by atoms with Gasteiger partial charge in [0.05, 0.1) is 12.8 Å². The molecule has 1 fully saturated rings. The number of H-pyrrole nitrogens is 1. The normalized spacial score (nSPS) is 31.8. The minimum atomic E-state index is -1.90. The minimum absolute atomic E-state index is 0.575. The second kappa shape index (κ2) is 5.79. The standard InChI is InChI=1S/C11H9Cl2FN2O5/c12-2-1-11(13)7(18)6(4-17)21-9(11)16-3-5(14)8(19)15-10(16)20/h3,6-7,9,17-18H,4H2,(H,15,19,20)/t6?,7-,9?,11?/m0/s1. The third-order valence-electron chi connectivity index (χ3n) is 3.04. The van der Waals surface area contributed by atoms with E-state index >= 15 is 0 Å². The van der Waals surface area contributed by atoms with Crippen molar-refractivity contribution in [3.8, 4) is 11.3 Å². The van der Waals surface area contributed by atoms with Crippen molar-refractivity contribution in [2.24, 2.45) is 0 Å². The van der Waals surface area contributed by atoms with Crippen molar-refractivity contribution in [1.82, 2.24) is 9.55 Å².